The van der Waals surface area contributed by atoms with Gasteiger partial charge in [-0.2, -0.15) is 0 Å². The average Bonchev–Trinajstić information content (AvgIpc) is 2.30. The van der Waals surface area contributed by atoms with Crippen molar-refractivity contribution < 1.29 is 4.74 Å². The number of nitrogens with one attached hydrogen (secondary N) is 2. The number of likely N-dealkylation sites (tertiary alicyclic amines) is 1. The quantitative estimate of drug-likeness (QED) is 0.652. The van der Waals surface area contributed by atoms with Gasteiger partial charge < -0.3 is 9.64 Å². The third kappa shape index (κ3) is 4.49. The molecule has 1 saturated heterocycles. The molecule has 2 N–H and O–H groups in total. The molecule has 0 aromatic heterocycles. The first-order chi connectivity index (χ1) is 7.77. The lowest BCUT2D eigenvalue weighted by molar-refractivity contribution is 0.0794. The Morgan fingerprint density at radius 3 is 2.94 bits per heavy atom. The molecule has 0 radical (unpaired) electrons. The van der Waals surface area contributed by atoms with Gasteiger partial charge in [-0.25, -0.2) is 0 Å². The van der Waals surface area contributed by atoms with Gasteiger partial charge in [0.2, 0.25) is 0 Å². The summed E-state index contributed by atoms with van der Waals surface area (Å²) in [6.07, 6.45) is 5.83. The first-order valence-corrected chi connectivity index (χ1v) is 6.33. The molecule has 0 aliphatic carbocycles. The number of ether oxygens (including phenoxy) is 1. The van der Waals surface area contributed by atoms with Crippen LogP contribution in [0.2, 0.25) is 0 Å². The first-order valence-electron chi connectivity index (χ1n) is 6.33. The lowest BCUT2D eigenvalue weighted by Crippen LogP contribution is -2.45. The molecular weight excluding hydrogens is 202 g/mol. The Morgan fingerprint density at radius 2 is 2.31 bits per heavy atom. The Kier molecular flexibility index (Phi) is 6.42. The number of hydrogen-bond donors (Lipinski definition) is 2. The summed E-state index contributed by atoms with van der Waals surface area (Å²) in [5, 5.41) is 11.3. The number of unbranched alkanes of at least 4 members (excludes halogenated alkanes) is 2. The van der Waals surface area contributed by atoms with Gasteiger partial charge in [0.25, 0.3) is 0 Å². The molecule has 0 bridgehead atoms. The third-order valence-electron chi connectivity index (χ3n) is 3.12. The molecule has 0 aromatic rings. The van der Waals surface area contributed by atoms with Gasteiger partial charge in [0.05, 0.1) is 18.6 Å². The fourth-order valence-corrected chi connectivity index (χ4v) is 1.97. The van der Waals surface area contributed by atoms with Crippen LogP contribution in [0.15, 0.2) is 0 Å². The van der Waals surface area contributed by atoms with Crippen LogP contribution in [0.5, 0.6) is 0 Å². The summed E-state index contributed by atoms with van der Waals surface area (Å²) >= 11 is 0. The number of hydrogen-bond acceptors (Lipinski definition) is 3. The standard InChI is InChI=1S/C12H25N3O/c1-3-4-5-7-14-10-15-8-6-11(16-2)9-12(15)13/h11,13-14H,3-10H2,1-2H3. The van der Waals surface area contributed by atoms with E-state index in [9.17, 15) is 0 Å². The Balaban J connectivity index is 2.11. The normalized spacial score (nSPS) is 21.5. The number of amidine groups is 1. The minimum Gasteiger partial charge on any atom is -0.381 e. The summed E-state index contributed by atoms with van der Waals surface area (Å²) < 4.78 is 5.28. The molecular formula is C12H25N3O. The molecule has 16 heavy (non-hydrogen) atoms. The van der Waals surface area contributed by atoms with E-state index in [1.54, 1.807) is 7.11 Å². The van der Waals surface area contributed by atoms with Crippen molar-refractivity contribution in [1.29, 1.82) is 5.41 Å². The molecule has 4 heteroatoms. The van der Waals surface area contributed by atoms with E-state index in [4.69, 9.17) is 10.1 Å². The second kappa shape index (κ2) is 7.63. The molecule has 4 nitrogen and oxygen atoms in total. The fourth-order valence-electron chi connectivity index (χ4n) is 1.97. The minimum atomic E-state index is 0.254. The maximum atomic E-state index is 7.90. The van der Waals surface area contributed by atoms with Gasteiger partial charge in [0, 0.05) is 20.1 Å². The van der Waals surface area contributed by atoms with Crippen molar-refractivity contribution in [1.82, 2.24) is 10.2 Å². The van der Waals surface area contributed by atoms with Crippen LogP contribution in [0.1, 0.15) is 39.0 Å². The van der Waals surface area contributed by atoms with Crippen LogP contribution in [0, 0.1) is 5.41 Å². The average molecular weight is 227 g/mol. The van der Waals surface area contributed by atoms with Gasteiger partial charge >= 0.3 is 0 Å². The van der Waals surface area contributed by atoms with Crippen LogP contribution in [0.4, 0.5) is 0 Å². The summed E-state index contributed by atoms with van der Waals surface area (Å²) in [6, 6.07) is 0. The monoisotopic (exact) mass is 227 g/mol. The highest BCUT2D eigenvalue weighted by Gasteiger charge is 2.22. The molecule has 1 heterocycles. The molecule has 94 valence electrons. The highest BCUT2D eigenvalue weighted by molar-refractivity contribution is 5.80. The largest absolute Gasteiger partial charge is 0.381 e. The van der Waals surface area contributed by atoms with E-state index in [1.807, 2.05) is 0 Å². The van der Waals surface area contributed by atoms with E-state index in [0.717, 1.165) is 32.6 Å². The molecule has 0 spiro atoms. The molecule has 0 saturated carbocycles. The maximum absolute atomic E-state index is 7.90. The van der Waals surface area contributed by atoms with Crippen LogP contribution in [0.25, 0.3) is 0 Å². The van der Waals surface area contributed by atoms with Crippen LogP contribution < -0.4 is 5.32 Å². The predicted octanol–water partition coefficient (Wildman–Crippen LogP) is 1.81. The summed E-state index contributed by atoms with van der Waals surface area (Å²) in [6.45, 7) is 5.04. The Hall–Kier alpha value is -0.610. The summed E-state index contributed by atoms with van der Waals surface area (Å²) in [5.41, 5.74) is 0. The molecule has 1 rings (SSSR count). The zero-order valence-corrected chi connectivity index (χ0v) is 10.6. The zero-order valence-electron chi connectivity index (χ0n) is 10.6. The summed E-state index contributed by atoms with van der Waals surface area (Å²) in [4.78, 5) is 2.11. The van der Waals surface area contributed by atoms with Gasteiger partial charge in [0.15, 0.2) is 0 Å². The van der Waals surface area contributed by atoms with Crippen molar-refractivity contribution in [3.05, 3.63) is 0 Å². The van der Waals surface area contributed by atoms with Crippen LogP contribution in [0.3, 0.4) is 0 Å². The van der Waals surface area contributed by atoms with Crippen molar-refractivity contribution in [3.63, 3.8) is 0 Å². The SMILES string of the molecule is CCCCCNCN1CCC(OC)CC1=N. The number of methoxy groups -OCH3 is 1. The second-order valence-corrected chi connectivity index (χ2v) is 4.43. The van der Waals surface area contributed by atoms with E-state index >= 15 is 0 Å². The molecule has 0 amide bonds. The van der Waals surface area contributed by atoms with Gasteiger partial charge in [-0.15, -0.1) is 0 Å². The molecule has 1 atom stereocenters. The Labute approximate surface area is 98.9 Å². The maximum Gasteiger partial charge on any atom is 0.0994 e. The van der Waals surface area contributed by atoms with E-state index < -0.39 is 0 Å². The van der Waals surface area contributed by atoms with E-state index in [0.29, 0.717) is 5.84 Å². The predicted molar refractivity (Wildman–Crippen MR) is 66.9 cm³/mol. The van der Waals surface area contributed by atoms with E-state index in [2.05, 4.69) is 17.1 Å². The fraction of sp³-hybridized carbons (Fsp3) is 0.917. The van der Waals surface area contributed by atoms with Gasteiger partial charge in [-0.1, -0.05) is 19.8 Å². The van der Waals surface area contributed by atoms with Crippen molar-refractivity contribution in [2.24, 2.45) is 0 Å². The van der Waals surface area contributed by atoms with Crippen LogP contribution in [-0.2, 0) is 4.74 Å². The Bertz CT molecular complexity index is 208. The van der Waals surface area contributed by atoms with Crippen molar-refractivity contribution in [2.75, 3.05) is 26.9 Å². The second-order valence-electron chi connectivity index (χ2n) is 4.43. The molecule has 1 fully saturated rings. The van der Waals surface area contributed by atoms with E-state index in [1.165, 1.54) is 19.3 Å². The number of piperidine rings is 1. The van der Waals surface area contributed by atoms with Crippen LogP contribution in [-0.4, -0.2) is 43.7 Å². The van der Waals surface area contributed by atoms with Crippen LogP contribution >= 0.6 is 0 Å². The lowest BCUT2D eigenvalue weighted by atomic mass is 10.1. The molecule has 1 aliphatic rings. The highest BCUT2D eigenvalue weighted by atomic mass is 16.5. The Morgan fingerprint density at radius 1 is 1.50 bits per heavy atom. The summed E-state index contributed by atoms with van der Waals surface area (Å²) in [5.74, 6) is 0.709. The number of rotatable bonds is 7. The minimum absolute atomic E-state index is 0.254. The molecule has 1 aliphatic heterocycles. The van der Waals surface area contributed by atoms with Gasteiger partial charge in [0.1, 0.15) is 0 Å². The summed E-state index contributed by atoms with van der Waals surface area (Å²) in [7, 11) is 1.73. The highest BCUT2D eigenvalue weighted by Crippen LogP contribution is 2.13. The van der Waals surface area contributed by atoms with Gasteiger partial charge in [-0.05, 0) is 19.4 Å². The smallest absolute Gasteiger partial charge is 0.0994 e. The zero-order chi connectivity index (χ0) is 11.8. The van der Waals surface area contributed by atoms with E-state index in [-0.39, 0.29) is 6.10 Å². The molecule has 0 aromatic carbocycles. The van der Waals surface area contributed by atoms with Crippen molar-refractivity contribution in [3.8, 4) is 0 Å². The van der Waals surface area contributed by atoms with Crippen molar-refractivity contribution >= 4 is 5.84 Å². The first kappa shape index (κ1) is 13.5. The van der Waals surface area contributed by atoms with Crippen molar-refractivity contribution in [2.45, 2.75) is 45.1 Å². The molecule has 1 unspecified atom stereocenters. The third-order valence-corrected chi connectivity index (χ3v) is 3.12. The topological polar surface area (TPSA) is 48.4 Å². The van der Waals surface area contributed by atoms with Gasteiger partial charge in [-0.3, -0.25) is 10.7 Å². The number of nitrogens with zero attached hydrogens (tertiary/aromatic N) is 1. The lowest BCUT2D eigenvalue weighted by Gasteiger charge is -2.33.